The number of carbonyl (C=O) groups is 3. The maximum atomic E-state index is 11.9. The second-order valence-electron chi connectivity index (χ2n) is 5.82. The summed E-state index contributed by atoms with van der Waals surface area (Å²) in [7, 11) is 0. The summed E-state index contributed by atoms with van der Waals surface area (Å²) < 4.78 is 0. The minimum atomic E-state index is -0.721. The van der Waals surface area contributed by atoms with E-state index in [4.69, 9.17) is 0 Å². The molecule has 128 valence electrons. The predicted octanol–water partition coefficient (Wildman–Crippen LogP) is 2.07. The molecule has 25 heavy (non-hydrogen) atoms. The van der Waals surface area contributed by atoms with Crippen molar-refractivity contribution < 1.29 is 14.4 Å². The van der Waals surface area contributed by atoms with Crippen LogP contribution in [0.1, 0.15) is 18.4 Å². The number of amides is 3. The summed E-state index contributed by atoms with van der Waals surface area (Å²) in [6.07, 6.45) is 1.43. The van der Waals surface area contributed by atoms with Gasteiger partial charge >= 0.3 is 11.8 Å². The van der Waals surface area contributed by atoms with Crippen molar-refractivity contribution in [1.82, 2.24) is 5.32 Å². The summed E-state index contributed by atoms with van der Waals surface area (Å²) >= 11 is 0. The van der Waals surface area contributed by atoms with Crippen molar-refractivity contribution in [1.29, 1.82) is 0 Å². The molecular weight excluding hydrogens is 318 g/mol. The van der Waals surface area contributed by atoms with Crippen molar-refractivity contribution in [3.63, 3.8) is 0 Å². The van der Waals surface area contributed by atoms with Crippen molar-refractivity contribution in [2.24, 2.45) is 0 Å². The van der Waals surface area contributed by atoms with Crippen LogP contribution in [0.15, 0.2) is 54.6 Å². The van der Waals surface area contributed by atoms with Crippen LogP contribution in [0.25, 0.3) is 0 Å². The van der Waals surface area contributed by atoms with Crippen LogP contribution in [-0.2, 0) is 20.9 Å². The molecule has 0 unspecified atom stereocenters. The highest BCUT2D eigenvalue weighted by Gasteiger charge is 2.21. The van der Waals surface area contributed by atoms with Gasteiger partial charge in [0.15, 0.2) is 0 Å². The van der Waals surface area contributed by atoms with Crippen molar-refractivity contribution >= 4 is 29.1 Å². The van der Waals surface area contributed by atoms with Gasteiger partial charge in [-0.1, -0.05) is 30.3 Å². The van der Waals surface area contributed by atoms with Gasteiger partial charge in [0.25, 0.3) is 0 Å². The van der Waals surface area contributed by atoms with Gasteiger partial charge in [-0.25, -0.2) is 0 Å². The van der Waals surface area contributed by atoms with Gasteiger partial charge < -0.3 is 15.5 Å². The molecule has 0 radical (unpaired) electrons. The summed E-state index contributed by atoms with van der Waals surface area (Å²) in [5.74, 6) is -1.30. The first-order chi connectivity index (χ1) is 12.1. The maximum Gasteiger partial charge on any atom is 0.313 e. The fourth-order valence-corrected chi connectivity index (χ4v) is 2.69. The maximum absolute atomic E-state index is 11.9. The van der Waals surface area contributed by atoms with E-state index in [0.29, 0.717) is 25.2 Å². The summed E-state index contributed by atoms with van der Waals surface area (Å²) in [6, 6.07) is 16.3. The molecule has 0 spiro atoms. The number of nitrogens with zero attached hydrogens (tertiary/aromatic N) is 1. The van der Waals surface area contributed by atoms with E-state index in [0.717, 1.165) is 17.7 Å². The zero-order valence-electron chi connectivity index (χ0n) is 13.7. The van der Waals surface area contributed by atoms with Gasteiger partial charge in [-0.05, 0) is 36.2 Å². The second-order valence-corrected chi connectivity index (χ2v) is 5.82. The molecule has 3 amide bonds. The molecule has 6 heteroatoms. The zero-order chi connectivity index (χ0) is 17.6. The third kappa shape index (κ3) is 4.23. The lowest BCUT2D eigenvalue weighted by atomic mass is 10.2. The Hall–Kier alpha value is -3.15. The van der Waals surface area contributed by atoms with E-state index < -0.39 is 11.8 Å². The highest BCUT2D eigenvalue weighted by Crippen LogP contribution is 2.22. The number of carbonyl (C=O) groups excluding carboxylic acids is 3. The van der Waals surface area contributed by atoms with Gasteiger partial charge in [0.05, 0.1) is 0 Å². The van der Waals surface area contributed by atoms with Crippen LogP contribution >= 0.6 is 0 Å². The van der Waals surface area contributed by atoms with E-state index in [1.165, 1.54) is 0 Å². The van der Waals surface area contributed by atoms with Crippen LogP contribution in [0.3, 0.4) is 0 Å². The van der Waals surface area contributed by atoms with Crippen LogP contribution in [0, 0.1) is 0 Å². The lowest BCUT2D eigenvalue weighted by Crippen LogP contribution is -2.34. The monoisotopic (exact) mass is 337 g/mol. The van der Waals surface area contributed by atoms with Crippen molar-refractivity contribution in [2.75, 3.05) is 16.8 Å². The van der Waals surface area contributed by atoms with Gasteiger partial charge in [0, 0.05) is 30.9 Å². The van der Waals surface area contributed by atoms with Gasteiger partial charge in [0.1, 0.15) is 0 Å². The molecule has 1 fully saturated rings. The number of benzene rings is 2. The molecule has 2 aromatic rings. The Kier molecular flexibility index (Phi) is 5.09. The molecule has 1 aliphatic heterocycles. The van der Waals surface area contributed by atoms with Gasteiger partial charge in [-0.2, -0.15) is 0 Å². The van der Waals surface area contributed by atoms with E-state index in [9.17, 15) is 14.4 Å². The molecule has 2 aromatic carbocycles. The normalized spacial score (nSPS) is 13.6. The Morgan fingerprint density at radius 3 is 2.32 bits per heavy atom. The van der Waals surface area contributed by atoms with Crippen LogP contribution in [-0.4, -0.2) is 24.3 Å². The lowest BCUT2D eigenvalue weighted by molar-refractivity contribution is -0.136. The highest BCUT2D eigenvalue weighted by atomic mass is 16.2. The van der Waals surface area contributed by atoms with Crippen LogP contribution in [0.5, 0.6) is 0 Å². The molecule has 2 N–H and O–H groups in total. The number of anilines is 2. The zero-order valence-corrected chi connectivity index (χ0v) is 13.7. The number of hydrogen-bond donors (Lipinski definition) is 2. The second kappa shape index (κ2) is 7.61. The first-order valence-electron chi connectivity index (χ1n) is 8.17. The molecule has 0 bridgehead atoms. The Bertz CT molecular complexity index is 772. The molecule has 0 aliphatic carbocycles. The fraction of sp³-hybridized carbons (Fsp3) is 0.211. The fourth-order valence-electron chi connectivity index (χ4n) is 2.69. The van der Waals surface area contributed by atoms with E-state index in [-0.39, 0.29) is 5.91 Å². The summed E-state index contributed by atoms with van der Waals surface area (Å²) in [6.45, 7) is 1.01. The third-order valence-corrected chi connectivity index (χ3v) is 4.01. The number of hydrogen-bond acceptors (Lipinski definition) is 3. The molecule has 0 atom stereocenters. The largest absolute Gasteiger partial charge is 0.344 e. The SMILES string of the molecule is O=C(NCc1ccccc1)C(=O)Nc1ccc(N2CCCC2=O)cc1. The average molecular weight is 337 g/mol. The topological polar surface area (TPSA) is 78.5 Å². The molecule has 6 nitrogen and oxygen atoms in total. The molecule has 0 aromatic heterocycles. The van der Waals surface area contributed by atoms with E-state index in [2.05, 4.69) is 10.6 Å². The lowest BCUT2D eigenvalue weighted by Gasteiger charge is -2.16. The molecule has 1 heterocycles. The highest BCUT2D eigenvalue weighted by molar-refractivity contribution is 6.39. The van der Waals surface area contributed by atoms with Gasteiger partial charge in [-0.3, -0.25) is 14.4 Å². The standard InChI is InChI=1S/C19H19N3O3/c23-17-7-4-12-22(17)16-10-8-15(9-11-16)21-19(25)18(24)20-13-14-5-2-1-3-6-14/h1-3,5-6,8-11H,4,7,12-13H2,(H,20,24)(H,21,25). The van der Waals surface area contributed by atoms with Gasteiger partial charge in [0.2, 0.25) is 5.91 Å². The summed E-state index contributed by atoms with van der Waals surface area (Å²) in [5, 5.41) is 5.13. The minimum absolute atomic E-state index is 0.108. The van der Waals surface area contributed by atoms with Crippen molar-refractivity contribution in [3.05, 3.63) is 60.2 Å². The molecule has 1 aliphatic rings. The molecule has 3 rings (SSSR count). The third-order valence-electron chi connectivity index (χ3n) is 4.01. The number of rotatable bonds is 4. The predicted molar refractivity (Wildman–Crippen MR) is 94.9 cm³/mol. The Morgan fingerprint density at radius 1 is 0.960 bits per heavy atom. The summed E-state index contributed by atoms with van der Waals surface area (Å²) in [4.78, 5) is 37.2. The quantitative estimate of drug-likeness (QED) is 0.838. The number of nitrogens with one attached hydrogen (secondary N) is 2. The van der Waals surface area contributed by atoms with Crippen LogP contribution in [0.4, 0.5) is 11.4 Å². The first-order valence-corrected chi connectivity index (χ1v) is 8.17. The smallest absolute Gasteiger partial charge is 0.313 e. The Labute approximate surface area is 145 Å². The van der Waals surface area contributed by atoms with E-state index in [1.54, 1.807) is 29.2 Å². The minimum Gasteiger partial charge on any atom is -0.344 e. The molecular formula is C19H19N3O3. The van der Waals surface area contributed by atoms with Crippen LogP contribution in [0.2, 0.25) is 0 Å². The van der Waals surface area contributed by atoms with E-state index in [1.807, 2.05) is 30.3 Å². The Morgan fingerprint density at radius 2 is 1.68 bits per heavy atom. The van der Waals surface area contributed by atoms with Crippen molar-refractivity contribution in [3.8, 4) is 0 Å². The molecule has 1 saturated heterocycles. The average Bonchev–Trinajstić information content (AvgIpc) is 3.07. The van der Waals surface area contributed by atoms with Crippen molar-refractivity contribution in [2.45, 2.75) is 19.4 Å². The van der Waals surface area contributed by atoms with Gasteiger partial charge in [-0.15, -0.1) is 0 Å². The summed E-state index contributed by atoms with van der Waals surface area (Å²) in [5.41, 5.74) is 2.23. The molecule has 0 saturated carbocycles. The van der Waals surface area contributed by atoms with E-state index >= 15 is 0 Å². The first kappa shape index (κ1) is 16.7. The van der Waals surface area contributed by atoms with Crippen LogP contribution < -0.4 is 15.5 Å². The Balaban J connectivity index is 1.53.